The smallest absolute Gasteiger partial charge is 0.126 e. The van der Waals surface area contributed by atoms with Crippen molar-refractivity contribution in [3.63, 3.8) is 0 Å². The van der Waals surface area contributed by atoms with Crippen LogP contribution in [0.1, 0.15) is 17.4 Å². The van der Waals surface area contributed by atoms with Crippen molar-refractivity contribution in [3.05, 3.63) is 42.1 Å². The van der Waals surface area contributed by atoms with Gasteiger partial charge in [-0.05, 0) is 18.1 Å². The fourth-order valence-electron chi connectivity index (χ4n) is 1.55. The summed E-state index contributed by atoms with van der Waals surface area (Å²) in [6.07, 6.45) is 5.75. The van der Waals surface area contributed by atoms with Crippen LogP contribution in [0, 0.1) is 0 Å². The Hall–Kier alpha value is -1.92. The highest BCUT2D eigenvalue weighted by atomic mass is 15.2. The zero-order valence-electron chi connectivity index (χ0n) is 8.72. The standard InChI is InChI=1S/C10H14N6/c11-9-7(2-1-3-13-9)6-8(16-12)10-14-4-5-15-10/h1-5,8,16H,6,12H2,(H2,11,13)(H,14,15). The van der Waals surface area contributed by atoms with Crippen LogP contribution in [0.25, 0.3) is 0 Å². The lowest BCUT2D eigenvalue weighted by Crippen LogP contribution is -2.30. The number of pyridine rings is 1. The lowest BCUT2D eigenvalue weighted by molar-refractivity contribution is 0.527. The first-order valence-electron chi connectivity index (χ1n) is 4.96. The van der Waals surface area contributed by atoms with Gasteiger partial charge in [-0.15, -0.1) is 0 Å². The van der Waals surface area contributed by atoms with Crippen molar-refractivity contribution in [2.45, 2.75) is 12.5 Å². The molecule has 6 heteroatoms. The zero-order valence-corrected chi connectivity index (χ0v) is 8.72. The zero-order chi connectivity index (χ0) is 11.4. The molecule has 0 saturated carbocycles. The van der Waals surface area contributed by atoms with E-state index < -0.39 is 0 Å². The number of hydrogen-bond acceptors (Lipinski definition) is 5. The van der Waals surface area contributed by atoms with Gasteiger partial charge in [0.25, 0.3) is 0 Å². The Morgan fingerprint density at radius 1 is 1.38 bits per heavy atom. The molecule has 2 heterocycles. The third-order valence-corrected chi connectivity index (χ3v) is 2.40. The largest absolute Gasteiger partial charge is 0.383 e. The van der Waals surface area contributed by atoms with E-state index in [1.165, 1.54) is 0 Å². The predicted molar refractivity (Wildman–Crippen MR) is 61.0 cm³/mol. The molecule has 0 amide bonds. The third kappa shape index (κ3) is 2.18. The summed E-state index contributed by atoms with van der Waals surface area (Å²) in [7, 11) is 0. The number of hydrazine groups is 1. The Balaban J connectivity index is 2.17. The summed E-state index contributed by atoms with van der Waals surface area (Å²) in [5.41, 5.74) is 9.42. The van der Waals surface area contributed by atoms with Gasteiger partial charge in [-0.2, -0.15) is 0 Å². The maximum atomic E-state index is 5.77. The lowest BCUT2D eigenvalue weighted by atomic mass is 10.1. The number of nitrogens with one attached hydrogen (secondary N) is 2. The average molecular weight is 218 g/mol. The Bertz CT molecular complexity index is 438. The summed E-state index contributed by atoms with van der Waals surface area (Å²) in [6, 6.07) is 3.68. The average Bonchev–Trinajstić information content (AvgIpc) is 2.81. The van der Waals surface area contributed by atoms with Gasteiger partial charge in [-0.25, -0.2) is 15.4 Å². The molecule has 0 aliphatic carbocycles. The first kappa shape index (κ1) is 10.6. The number of aromatic nitrogens is 3. The molecule has 0 fully saturated rings. The number of nitrogens with zero attached hydrogens (tertiary/aromatic N) is 2. The molecule has 0 radical (unpaired) electrons. The highest BCUT2D eigenvalue weighted by molar-refractivity contribution is 5.39. The molecule has 0 spiro atoms. The monoisotopic (exact) mass is 218 g/mol. The molecule has 84 valence electrons. The first-order chi connectivity index (χ1) is 7.81. The maximum Gasteiger partial charge on any atom is 0.126 e. The molecule has 2 aromatic heterocycles. The predicted octanol–water partition coefficient (Wildman–Crippen LogP) is 0.134. The second-order valence-corrected chi connectivity index (χ2v) is 3.45. The van der Waals surface area contributed by atoms with Crippen LogP contribution >= 0.6 is 0 Å². The molecule has 6 N–H and O–H groups in total. The minimum absolute atomic E-state index is 0.0958. The third-order valence-electron chi connectivity index (χ3n) is 2.40. The van der Waals surface area contributed by atoms with E-state index in [0.29, 0.717) is 12.2 Å². The number of anilines is 1. The van der Waals surface area contributed by atoms with Gasteiger partial charge in [0.05, 0.1) is 6.04 Å². The number of imidazole rings is 1. The van der Waals surface area contributed by atoms with E-state index in [1.54, 1.807) is 18.6 Å². The molecule has 0 aliphatic heterocycles. The number of nitrogen functional groups attached to an aromatic ring is 1. The van der Waals surface area contributed by atoms with Crippen LogP contribution < -0.4 is 17.0 Å². The van der Waals surface area contributed by atoms with Crippen LogP contribution in [0.3, 0.4) is 0 Å². The van der Waals surface area contributed by atoms with Gasteiger partial charge in [0, 0.05) is 18.6 Å². The molecule has 2 rings (SSSR count). The molecule has 0 bridgehead atoms. The molecular weight excluding hydrogens is 204 g/mol. The molecular formula is C10H14N6. The van der Waals surface area contributed by atoms with Crippen molar-refractivity contribution in [3.8, 4) is 0 Å². The van der Waals surface area contributed by atoms with E-state index in [1.807, 2.05) is 12.1 Å². The first-order valence-corrected chi connectivity index (χ1v) is 4.96. The fraction of sp³-hybridized carbons (Fsp3) is 0.200. The van der Waals surface area contributed by atoms with Crippen LogP contribution in [-0.2, 0) is 6.42 Å². The summed E-state index contributed by atoms with van der Waals surface area (Å²) < 4.78 is 0. The molecule has 6 nitrogen and oxygen atoms in total. The molecule has 1 unspecified atom stereocenters. The van der Waals surface area contributed by atoms with Crippen LogP contribution in [0.2, 0.25) is 0 Å². The van der Waals surface area contributed by atoms with Gasteiger partial charge >= 0.3 is 0 Å². The molecule has 2 aromatic rings. The van der Waals surface area contributed by atoms with Crippen LogP contribution in [0.15, 0.2) is 30.7 Å². The van der Waals surface area contributed by atoms with Crippen molar-refractivity contribution < 1.29 is 0 Å². The molecule has 16 heavy (non-hydrogen) atoms. The van der Waals surface area contributed by atoms with Crippen LogP contribution in [-0.4, -0.2) is 15.0 Å². The van der Waals surface area contributed by atoms with Gasteiger partial charge in [0.15, 0.2) is 0 Å². The normalized spacial score (nSPS) is 12.6. The summed E-state index contributed by atoms with van der Waals surface area (Å²) in [4.78, 5) is 11.2. The van der Waals surface area contributed by atoms with Gasteiger partial charge < -0.3 is 10.7 Å². The highest BCUT2D eigenvalue weighted by Crippen LogP contribution is 2.17. The summed E-state index contributed by atoms with van der Waals surface area (Å²) in [5, 5.41) is 0. The molecule has 1 atom stereocenters. The van der Waals surface area contributed by atoms with Crippen molar-refractivity contribution in [2.24, 2.45) is 5.84 Å². The summed E-state index contributed by atoms with van der Waals surface area (Å²) >= 11 is 0. The minimum Gasteiger partial charge on any atom is -0.383 e. The number of hydrogen-bond donors (Lipinski definition) is 4. The number of rotatable bonds is 4. The van der Waals surface area contributed by atoms with E-state index in [4.69, 9.17) is 11.6 Å². The fourth-order valence-corrected chi connectivity index (χ4v) is 1.55. The van der Waals surface area contributed by atoms with Gasteiger partial charge in [-0.1, -0.05) is 6.07 Å². The Kier molecular flexibility index (Phi) is 3.13. The highest BCUT2D eigenvalue weighted by Gasteiger charge is 2.14. The van der Waals surface area contributed by atoms with E-state index in [0.717, 1.165) is 11.4 Å². The topological polar surface area (TPSA) is 106 Å². The van der Waals surface area contributed by atoms with Crippen LogP contribution in [0.4, 0.5) is 5.82 Å². The molecule has 0 saturated heterocycles. The van der Waals surface area contributed by atoms with Gasteiger partial charge in [0.2, 0.25) is 0 Å². The van der Waals surface area contributed by atoms with Crippen molar-refractivity contribution in [2.75, 3.05) is 5.73 Å². The van der Waals surface area contributed by atoms with Crippen molar-refractivity contribution in [1.29, 1.82) is 0 Å². The lowest BCUT2D eigenvalue weighted by Gasteiger charge is -2.14. The van der Waals surface area contributed by atoms with Crippen molar-refractivity contribution in [1.82, 2.24) is 20.4 Å². The van der Waals surface area contributed by atoms with E-state index in [9.17, 15) is 0 Å². The second-order valence-electron chi connectivity index (χ2n) is 3.45. The quantitative estimate of drug-likeness (QED) is 0.431. The van der Waals surface area contributed by atoms with E-state index >= 15 is 0 Å². The number of H-pyrrole nitrogens is 1. The van der Waals surface area contributed by atoms with E-state index in [2.05, 4.69) is 20.4 Å². The van der Waals surface area contributed by atoms with Gasteiger partial charge in [-0.3, -0.25) is 5.84 Å². The molecule has 0 aromatic carbocycles. The summed E-state index contributed by atoms with van der Waals surface area (Å²) in [6.45, 7) is 0. The SMILES string of the molecule is NNC(Cc1cccnc1N)c1ncc[nH]1. The van der Waals surface area contributed by atoms with Gasteiger partial charge in [0.1, 0.15) is 11.6 Å². The molecule has 0 aliphatic rings. The Morgan fingerprint density at radius 2 is 2.25 bits per heavy atom. The maximum absolute atomic E-state index is 5.77. The number of nitrogens with two attached hydrogens (primary N) is 2. The number of aromatic amines is 1. The van der Waals surface area contributed by atoms with E-state index in [-0.39, 0.29) is 6.04 Å². The minimum atomic E-state index is -0.0958. The second kappa shape index (κ2) is 4.73. The Morgan fingerprint density at radius 3 is 2.88 bits per heavy atom. The van der Waals surface area contributed by atoms with Crippen LogP contribution in [0.5, 0.6) is 0 Å². The Labute approximate surface area is 93.1 Å². The summed E-state index contributed by atoms with van der Waals surface area (Å²) in [5.74, 6) is 6.80. The van der Waals surface area contributed by atoms with Crippen molar-refractivity contribution >= 4 is 5.82 Å².